The topological polar surface area (TPSA) is 52.5 Å². The van der Waals surface area contributed by atoms with E-state index in [9.17, 15) is 10.2 Å². The molecule has 1 aliphatic rings. The number of halogens is 1. The van der Waals surface area contributed by atoms with Gasteiger partial charge in [0.25, 0.3) is 0 Å². The van der Waals surface area contributed by atoms with Gasteiger partial charge < -0.3 is 15.5 Å². The van der Waals surface area contributed by atoms with Crippen LogP contribution in [0.2, 0.25) is 0 Å². The lowest BCUT2D eigenvalue weighted by Crippen LogP contribution is -2.41. The molecule has 0 aromatic heterocycles. The Kier molecular flexibility index (Phi) is 5.17. The molecule has 0 spiro atoms. The second-order valence-electron chi connectivity index (χ2n) is 5.07. The zero-order valence-corrected chi connectivity index (χ0v) is 13.4. The second-order valence-corrected chi connectivity index (χ2v) is 7.09. The number of rotatable bonds is 5. The molecule has 5 heteroatoms. The number of aromatic hydroxyl groups is 1. The van der Waals surface area contributed by atoms with Crippen LogP contribution in [0.5, 0.6) is 5.75 Å². The first kappa shape index (κ1) is 15.2. The van der Waals surface area contributed by atoms with E-state index in [2.05, 4.69) is 28.2 Å². The van der Waals surface area contributed by atoms with Crippen molar-refractivity contribution in [2.75, 3.05) is 18.1 Å². The van der Waals surface area contributed by atoms with Crippen molar-refractivity contribution in [3.8, 4) is 5.75 Å². The van der Waals surface area contributed by atoms with Crippen molar-refractivity contribution in [2.45, 2.75) is 31.4 Å². The molecule has 1 aromatic carbocycles. The van der Waals surface area contributed by atoms with Crippen molar-refractivity contribution in [3.05, 3.63) is 28.2 Å². The molecule has 1 saturated heterocycles. The Morgan fingerprint density at radius 1 is 1.53 bits per heavy atom. The van der Waals surface area contributed by atoms with Gasteiger partial charge in [-0.2, -0.15) is 11.8 Å². The quantitative estimate of drug-likeness (QED) is 0.767. The Morgan fingerprint density at radius 2 is 2.32 bits per heavy atom. The molecule has 1 aromatic rings. The van der Waals surface area contributed by atoms with Crippen molar-refractivity contribution >= 4 is 27.7 Å². The van der Waals surface area contributed by atoms with Gasteiger partial charge in [0.2, 0.25) is 0 Å². The Hall–Kier alpha value is -0.230. The molecular weight excluding hydrogens is 326 g/mol. The van der Waals surface area contributed by atoms with Crippen molar-refractivity contribution in [1.82, 2.24) is 5.32 Å². The zero-order chi connectivity index (χ0) is 13.9. The van der Waals surface area contributed by atoms with Crippen LogP contribution in [-0.4, -0.2) is 33.9 Å². The molecule has 3 nitrogen and oxygen atoms in total. The van der Waals surface area contributed by atoms with Gasteiger partial charge in [-0.3, -0.25) is 0 Å². The number of phenols is 1. The van der Waals surface area contributed by atoms with E-state index in [-0.39, 0.29) is 6.04 Å². The molecule has 1 aliphatic heterocycles. The normalized spacial score (nSPS) is 24.6. The van der Waals surface area contributed by atoms with E-state index in [0.717, 1.165) is 34.4 Å². The van der Waals surface area contributed by atoms with Gasteiger partial charge in [-0.05, 0) is 36.8 Å². The third-order valence-electron chi connectivity index (χ3n) is 3.53. The summed E-state index contributed by atoms with van der Waals surface area (Å²) >= 11 is 5.22. The number of hydrogen-bond acceptors (Lipinski definition) is 4. The van der Waals surface area contributed by atoms with E-state index < -0.39 is 5.60 Å². The van der Waals surface area contributed by atoms with Crippen LogP contribution < -0.4 is 5.32 Å². The fraction of sp³-hybridized carbons (Fsp3) is 0.571. The smallest absolute Gasteiger partial charge is 0.120 e. The summed E-state index contributed by atoms with van der Waals surface area (Å²) in [6, 6.07) is 5.52. The van der Waals surface area contributed by atoms with Crippen LogP contribution in [-0.2, 0) is 0 Å². The number of aliphatic hydroxyl groups is 1. The van der Waals surface area contributed by atoms with Crippen LogP contribution in [0.1, 0.15) is 31.4 Å². The van der Waals surface area contributed by atoms with Crippen LogP contribution in [0.25, 0.3) is 0 Å². The number of thioether (sulfide) groups is 1. The molecule has 1 heterocycles. The third kappa shape index (κ3) is 3.88. The van der Waals surface area contributed by atoms with Crippen molar-refractivity contribution in [1.29, 1.82) is 0 Å². The van der Waals surface area contributed by atoms with Crippen molar-refractivity contribution in [3.63, 3.8) is 0 Å². The van der Waals surface area contributed by atoms with Crippen molar-refractivity contribution in [2.24, 2.45) is 0 Å². The molecular formula is C14H20BrNO2S. The Morgan fingerprint density at radius 3 is 2.95 bits per heavy atom. The van der Waals surface area contributed by atoms with Gasteiger partial charge in [0, 0.05) is 28.4 Å². The highest BCUT2D eigenvalue weighted by Gasteiger charge is 2.32. The van der Waals surface area contributed by atoms with E-state index >= 15 is 0 Å². The lowest BCUT2D eigenvalue weighted by molar-refractivity contribution is 0.0642. The molecule has 0 saturated carbocycles. The minimum absolute atomic E-state index is 0.0622. The molecule has 3 N–H and O–H groups in total. The highest BCUT2D eigenvalue weighted by Crippen LogP contribution is 2.31. The van der Waals surface area contributed by atoms with Gasteiger partial charge in [0.05, 0.1) is 5.60 Å². The Labute approximate surface area is 126 Å². The van der Waals surface area contributed by atoms with Gasteiger partial charge in [-0.25, -0.2) is 0 Å². The standard InChI is InChI=1S/C14H20BrNO2S/c1-2-12(11-7-10(15)3-4-13(11)17)16-8-14(18)5-6-19-9-14/h3-4,7,12,16-18H,2,5-6,8-9H2,1H3/t12-,14-/m0/s1. The van der Waals surface area contributed by atoms with Crippen LogP contribution in [0.4, 0.5) is 0 Å². The summed E-state index contributed by atoms with van der Waals surface area (Å²) in [4.78, 5) is 0. The summed E-state index contributed by atoms with van der Waals surface area (Å²) in [5.74, 6) is 2.12. The first-order valence-corrected chi connectivity index (χ1v) is 8.51. The molecule has 106 valence electrons. The number of hydrogen-bond donors (Lipinski definition) is 3. The minimum atomic E-state index is -0.598. The lowest BCUT2D eigenvalue weighted by Gasteiger charge is -2.26. The summed E-state index contributed by atoms with van der Waals surface area (Å²) < 4.78 is 0.954. The summed E-state index contributed by atoms with van der Waals surface area (Å²) in [6.45, 7) is 2.65. The van der Waals surface area contributed by atoms with Crippen LogP contribution >= 0.6 is 27.7 Å². The van der Waals surface area contributed by atoms with Gasteiger partial charge in [-0.15, -0.1) is 0 Å². The van der Waals surface area contributed by atoms with Gasteiger partial charge in [0.15, 0.2) is 0 Å². The van der Waals surface area contributed by atoms with E-state index in [4.69, 9.17) is 0 Å². The summed E-state index contributed by atoms with van der Waals surface area (Å²) in [6.07, 6.45) is 1.71. The van der Waals surface area contributed by atoms with E-state index in [1.165, 1.54) is 0 Å². The molecule has 2 rings (SSSR count). The summed E-state index contributed by atoms with van der Waals surface area (Å²) in [5.41, 5.74) is 0.283. The van der Waals surface area contributed by atoms with Crippen LogP contribution in [0, 0.1) is 0 Å². The maximum atomic E-state index is 10.4. The highest BCUT2D eigenvalue weighted by molar-refractivity contribution is 9.10. The second kappa shape index (κ2) is 6.48. The summed E-state index contributed by atoms with van der Waals surface area (Å²) in [7, 11) is 0. The molecule has 0 amide bonds. The van der Waals surface area contributed by atoms with Crippen molar-refractivity contribution < 1.29 is 10.2 Å². The fourth-order valence-electron chi connectivity index (χ4n) is 2.33. The van der Waals surface area contributed by atoms with Crippen LogP contribution in [0.15, 0.2) is 22.7 Å². The monoisotopic (exact) mass is 345 g/mol. The first-order chi connectivity index (χ1) is 9.04. The van der Waals surface area contributed by atoms with Gasteiger partial charge >= 0.3 is 0 Å². The number of nitrogens with one attached hydrogen (secondary N) is 1. The third-order valence-corrected chi connectivity index (χ3v) is 5.26. The van der Waals surface area contributed by atoms with Crippen LogP contribution in [0.3, 0.4) is 0 Å². The average Bonchev–Trinajstić information content (AvgIpc) is 2.81. The van der Waals surface area contributed by atoms with E-state index in [1.54, 1.807) is 17.8 Å². The molecule has 0 radical (unpaired) electrons. The minimum Gasteiger partial charge on any atom is -0.508 e. The summed E-state index contributed by atoms with van der Waals surface area (Å²) in [5, 5.41) is 23.7. The predicted molar refractivity (Wildman–Crippen MR) is 83.7 cm³/mol. The zero-order valence-electron chi connectivity index (χ0n) is 11.0. The average molecular weight is 346 g/mol. The molecule has 0 unspecified atom stereocenters. The van der Waals surface area contributed by atoms with Gasteiger partial charge in [0.1, 0.15) is 5.75 Å². The molecule has 0 bridgehead atoms. The van der Waals surface area contributed by atoms with E-state index in [1.807, 2.05) is 12.1 Å². The number of phenolic OH excluding ortho intramolecular Hbond substituents is 1. The van der Waals surface area contributed by atoms with E-state index in [0.29, 0.717) is 12.3 Å². The fourth-order valence-corrected chi connectivity index (χ4v) is 4.00. The maximum Gasteiger partial charge on any atom is 0.120 e. The maximum absolute atomic E-state index is 10.4. The molecule has 0 aliphatic carbocycles. The Bertz CT molecular complexity index is 435. The SMILES string of the molecule is CC[C@H](NC[C@@]1(O)CCSC1)c1cc(Br)ccc1O. The molecule has 19 heavy (non-hydrogen) atoms. The highest BCUT2D eigenvalue weighted by atomic mass is 79.9. The lowest BCUT2D eigenvalue weighted by atomic mass is 10.00. The Balaban J connectivity index is 2.05. The number of benzene rings is 1. The molecule has 2 atom stereocenters. The van der Waals surface area contributed by atoms with Gasteiger partial charge in [-0.1, -0.05) is 22.9 Å². The largest absolute Gasteiger partial charge is 0.508 e. The predicted octanol–water partition coefficient (Wildman–Crippen LogP) is 3.06. The first-order valence-electron chi connectivity index (χ1n) is 6.56. The molecule has 1 fully saturated rings.